The molecule has 1 aliphatic heterocycles. The zero-order valence-corrected chi connectivity index (χ0v) is 17.6. The molecule has 1 fully saturated rings. The normalized spacial score (nSPS) is 14.7. The average molecular weight is 409 g/mol. The number of hydrogen-bond acceptors (Lipinski definition) is 5. The molecule has 0 radical (unpaired) electrons. The molecule has 2 aromatic carbocycles. The predicted molar refractivity (Wildman–Crippen MR) is 116 cm³/mol. The van der Waals surface area contributed by atoms with Gasteiger partial charge < -0.3 is 24.1 Å². The van der Waals surface area contributed by atoms with Crippen LogP contribution < -0.4 is 14.2 Å². The summed E-state index contributed by atoms with van der Waals surface area (Å²) in [5.74, 6) is 1.99. The molecule has 30 heavy (non-hydrogen) atoms. The maximum Gasteiger partial charge on any atom is 0.253 e. The van der Waals surface area contributed by atoms with Crippen LogP contribution >= 0.6 is 0 Å². The number of nitrogens with zero attached hydrogens (tertiary/aromatic N) is 2. The topological polar surface area (TPSA) is 67.0 Å². The average Bonchev–Trinajstić information content (AvgIpc) is 3.26. The molecule has 0 aliphatic carbocycles. The van der Waals surface area contributed by atoms with Crippen molar-refractivity contribution in [3.8, 4) is 17.2 Å². The third-order valence-corrected chi connectivity index (χ3v) is 5.59. The van der Waals surface area contributed by atoms with Crippen LogP contribution in [0.3, 0.4) is 0 Å². The highest BCUT2D eigenvalue weighted by atomic mass is 16.5. The maximum absolute atomic E-state index is 12.9. The van der Waals surface area contributed by atoms with Gasteiger partial charge in [-0.25, -0.2) is 0 Å². The first-order valence-electron chi connectivity index (χ1n) is 10.0. The number of carbonyl (C=O) groups is 1. The van der Waals surface area contributed by atoms with Gasteiger partial charge in [-0.2, -0.15) is 0 Å². The summed E-state index contributed by atoms with van der Waals surface area (Å²) in [4.78, 5) is 20.3. The predicted octanol–water partition coefficient (Wildman–Crippen LogP) is 3.15. The van der Waals surface area contributed by atoms with Crippen LogP contribution in [-0.2, 0) is 6.54 Å². The number of benzene rings is 2. The van der Waals surface area contributed by atoms with Crippen LogP contribution in [0.4, 0.5) is 0 Å². The number of piperazine rings is 1. The molecule has 1 saturated heterocycles. The highest BCUT2D eigenvalue weighted by Gasteiger charge is 2.23. The van der Waals surface area contributed by atoms with E-state index in [2.05, 4.69) is 9.88 Å². The zero-order valence-electron chi connectivity index (χ0n) is 17.6. The SMILES string of the molecule is COc1cc(CN2CCN(C(=O)c3ccc4[nH]ccc4c3)CC2)cc(OC)c1OC. The van der Waals surface area contributed by atoms with Crippen molar-refractivity contribution in [1.82, 2.24) is 14.8 Å². The molecular formula is C23H27N3O4. The number of nitrogens with one attached hydrogen (secondary N) is 1. The van der Waals surface area contributed by atoms with Crippen molar-refractivity contribution in [3.63, 3.8) is 0 Å². The van der Waals surface area contributed by atoms with Gasteiger partial charge >= 0.3 is 0 Å². The van der Waals surface area contributed by atoms with Crippen LogP contribution in [-0.4, -0.2) is 68.2 Å². The Hall–Kier alpha value is -3.19. The van der Waals surface area contributed by atoms with E-state index in [1.54, 1.807) is 21.3 Å². The van der Waals surface area contributed by atoms with Gasteiger partial charge in [0.2, 0.25) is 5.75 Å². The molecule has 3 aromatic rings. The molecule has 2 heterocycles. The van der Waals surface area contributed by atoms with E-state index in [0.29, 0.717) is 30.3 Å². The standard InChI is InChI=1S/C23H27N3O4/c1-28-20-12-16(13-21(29-2)22(20)30-3)15-25-8-10-26(11-9-25)23(27)18-4-5-19-17(14-18)6-7-24-19/h4-7,12-14,24H,8-11,15H2,1-3H3. The number of aromatic nitrogens is 1. The summed E-state index contributed by atoms with van der Waals surface area (Å²) in [7, 11) is 4.84. The van der Waals surface area contributed by atoms with Crippen LogP contribution in [0.25, 0.3) is 10.9 Å². The number of methoxy groups -OCH3 is 3. The van der Waals surface area contributed by atoms with Gasteiger partial charge in [0.15, 0.2) is 11.5 Å². The van der Waals surface area contributed by atoms with Crippen LogP contribution in [0.1, 0.15) is 15.9 Å². The van der Waals surface area contributed by atoms with Crippen molar-refractivity contribution in [2.75, 3.05) is 47.5 Å². The van der Waals surface area contributed by atoms with Gasteiger partial charge in [-0.15, -0.1) is 0 Å². The highest BCUT2D eigenvalue weighted by Crippen LogP contribution is 2.38. The lowest BCUT2D eigenvalue weighted by Gasteiger charge is -2.35. The Labute approximate surface area is 176 Å². The minimum Gasteiger partial charge on any atom is -0.493 e. The molecule has 7 heteroatoms. The van der Waals surface area contributed by atoms with Gasteiger partial charge in [0.25, 0.3) is 5.91 Å². The van der Waals surface area contributed by atoms with E-state index in [9.17, 15) is 4.79 Å². The second-order valence-corrected chi connectivity index (χ2v) is 7.38. The summed E-state index contributed by atoms with van der Waals surface area (Å²) >= 11 is 0. The van der Waals surface area contributed by atoms with Gasteiger partial charge in [0.05, 0.1) is 21.3 Å². The van der Waals surface area contributed by atoms with Gasteiger partial charge in [0.1, 0.15) is 0 Å². The third-order valence-electron chi connectivity index (χ3n) is 5.59. The molecule has 7 nitrogen and oxygen atoms in total. The Balaban J connectivity index is 1.40. The van der Waals surface area contributed by atoms with E-state index in [1.165, 1.54) is 0 Å². The molecule has 0 atom stereocenters. The highest BCUT2D eigenvalue weighted by molar-refractivity contribution is 5.98. The van der Waals surface area contributed by atoms with Crippen LogP contribution in [0.2, 0.25) is 0 Å². The van der Waals surface area contributed by atoms with Crippen molar-refractivity contribution in [2.24, 2.45) is 0 Å². The van der Waals surface area contributed by atoms with Crippen molar-refractivity contribution in [1.29, 1.82) is 0 Å². The molecule has 0 unspecified atom stereocenters. The first-order valence-corrected chi connectivity index (χ1v) is 10.0. The van der Waals surface area contributed by atoms with Crippen LogP contribution in [0, 0.1) is 0 Å². The Morgan fingerprint density at radius 3 is 2.27 bits per heavy atom. The molecule has 1 aliphatic rings. The number of rotatable bonds is 6. The summed E-state index contributed by atoms with van der Waals surface area (Å²) in [6, 6.07) is 11.8. The molecule has 1 aromatic heterocycles. The number of hydrogen-bond donors (Lipinski definition) is 1. The number of H-pyrrole nitrogens is 1. The summed E-state index contributed by atoms with van der Waals surface area (Å²) in [5.41, 5.74) is 2.86. The number of fused-ring (bicyclic) bond motifs is 1. The smallest absolute Gasteiger partial charge is 0.253 e. The van der Waals surface area contributed by atoms with Crippen molar-refractivity contribution >= 4 is 16.8 Å². The summed E-state index contributed by atoms with van der Waals surface area (Å²) in [6.07, 6.45) is 1.89. The van der Waals surface area contributed by atoms with E-state index in [4.69, 9.17) is 14.2 Å². The second-order valence-electron chi connectivity index (χ2n) is 7.38. The fourth-order valence-electron chi connectivity index (χ4n) is 3.96. The summed E-state index contributed by atoms with van der Waals surface area (Å²) in [5, 5.41) is 1.06. The monoisotopic (exact) mass is 409 g/mol. The molecule has 158 valence electrons. The van der Waals surface area contributed by atoms with Gasteiger partial charge in [-0.1, -0.05) is 0 Å². The Kier molecular flexibility index (Phi) is 5.81. The number of aromatic amines is 1. The summed E-state index contributed by atoms with van der Waals surface area (Å²) in [6.45, 7) is 3.79. The first-order chi connectivity index (χ1) is 14.6. The second kappa shape index (κ2) is 8.67. The fourth-order valence-corrected chi connectivity index (χ4v) is 3.96. The van der Waals surface area contributed by atoms with Crippen LogP contribution in [0.5, 0.6) is 17.2 Å². The Morgan fingerprint density at radius 1 is 0.933 bits per heavy atom. The van der Waals surface area contributed by atoms with Gasteiger partial charge in [-0.05, 0) is 42.0 Å². The third kappa shape index (κ3) is 3.93. The molecule has 1 N–H and O–H groups in total. The van der Waals surface area contributed by atoms with Crippen molar-refractivity contribution in [2.45, 2.75) is 6.54 Å². The maximum atomic E-state index is 12.9. The molecule has 0 saturated carbocycles. The minimum absolute atomic E-state index is 0.0885. The van der Waals surface area contributed by atoms with E-state index in [-0.39, 0.29) is 5.91 Å². The van der Waals surface area contributed by atoms with E-state index in [1.807, 2.05) is 47.5 Å². The fraction of sp³-hybridized carbons (Fsp3) is 0.348. The molecular weight excluding hydrogens is 382 g/mol. The lowest BCUT2D eigenvalue weighted by Crippen LogP contribution is -2.48. The van der Waals surface area contributed by atoms with Crippen molar-refractivity contribution in [3.05, 3.63) is 53.7 Å². The Morgan fingerprint density at radius 2 is 1.63 bits per heavy atom. The van der Waals surface area contributed by atoms with Gasteiger partial charge in [0, 0.05) is 55.4 Å². The quantitative estimate of drug-likeness (QED) is 0.678. The number of amides is 1. The lowest BCUT2D eigenvalue weighted by molar-refractivity contribution is 0.0628. The van der Waals surface area contributed by atoms with Gasteiger partial charge in [-0.3, -0.25) is 9.69 Å². The van der Waals surface area contributed by atoms with E-state index in [0.717, 1.165) is 41.7 Å². The zero-order chi connectivity index (χ0) is 21.1. The number of carbonyl (C=O) groups excluding carboxylic acids is 1. The molecule has 0 bridgehead atoms. The lowest BCUT2D eigenvalue weighted by atomic mass is 10.1. The van der Waals surface area contributed by atoms with E-state index < -0.39 is 0 Å². The number of ether oxygens (including phenoxy) is 3. The molecule has 1 amide bonds. The van der Waals surface area contributed by atoms with Crippen LogP contribution in [0.15, 0.2) is 42.6 Å². The summed E-state index contributed by atoms with van der Waals surface area (Å²) < 4.78 is 16.3. The van der Waals surface area contributed by atoms with E-state index >= 15 is 0 Å². The minimum atomic E-state index is 0.0885. The Bertz CT molecular complexity index is 1010. The largest absolute Gasteiger partial charge is 0.493 e. The van der Waals surface area contributed by atoms with Crippen molar-refractivity contribution < 1.29 is 19.0 Å². The first kappa shape index (κ1) is 20.1. The molecule has 4 rings (SSSR count). The molecule has 0 spiro atoms.